The van der Waals surface area contributed by atoms with E-state index < -0.39 is 0 Å². The third-order valence-corrected chi connectivity index (χ3v) is 14.7. The normalized spacial score (nSPS) is 11.7. The Kier molecular flexibility index (Phi) is 39.2. The molecule has 0 aliphatic rings. The van der Waals surface area contributed by atoms with Gasteiger partial charge in [-0.1, -0.05) is 217 Å². The molecule has 0 atom stereocenters. The van der Waals surface area contributed by atoms with E-state index in [9.17, 15) is 0 Å². The Morgan fingerprint density at radius 3 is 0.875 bits per heavy atom. The van der Waals surface area contributed by atoms with E-state index in [-0.39, 0.29) is 6.55 Å². The summed E-state index contributed by atoms with van der Waals surface area (Å²) in [6.07, 6.45) is 42.7. The molecule has 0 N–H and O–H groups in total. The molecular formula is C36H75OPS2. The summed E-state index contributed by atoms with van der Waals surface area (Å²) < 4.78 is 6.49. The second-order valence-electron chi connectivity index (χ2n) is 12.3. The Hall–Kier alpha value is 1.09. The Morgan fingerprint density at radius 1 is 0.325 bits per heavy atom. The summed E-state index contributed by atoms with van der Waals surface area (Å²) >= 11 is 4.33. The lowest BCUT2D eigenvalue weighted by Crippen LogP contribution is -1.90. The average molecular weight is 619 g/mol. The number of rotatable bonds is 36. The van der Waals surface area contributed by atoms with Crippen LogP contribution >= 0.6 is 29.3 Å². The Bertz CT molecular complexity index is 375. The highest BCUT2D eigenvalue weighted by molar-refractivity contribution is 8.86. The maximum Gasteiger partial charge on any atom is 0.151 e. The zero-order chi connectivity index (χ0) is 29.0. The van der Waals surface area contributed by atoms with E-state index in [4.69, 9.17) is 4.52 Å². The van der Waals surface area contributed by atoms with Crippen LogP contribution in [0.25, 0.3) is 0 Å². The standard InChI is InChI=1S/C36H75OPS2/c1-4-7-10-13-16-19-22-25-28-31-34-37-38(39-35-32-29-26-23-20-17-14-11-8-5-2)40-36-33-30-27-24-21-18-15-12-9-6-3/h4-36H2,1-3H3. The van der Waals surface area contributed by atoms with Crippen LogP contribution in [0.5, 0.6) is 0 Å². The molecule has 0 bridgehead atoms. The Labute approximate surface area is 264 Å². The topological polar surface area (TPSA) is 9.23 Å². The van der Waals surface area contributed by atoms with Crippen molar-refractivity contribution in [3.8, 4) is 0 Å². The molecule has 0 heterocycles. The molecule has 0 radical (unpaired) electrons. The van der Waals surface area contributed by atoms with Crippen molar-refractivity contribution in [3.05, 3.63) is 0 Å². The highest BCUT2D eigenvalue weighted by Crippen LogP contribution is 2.62. The fourth-order valence-corrected chi connectivity index (χ4v) is 11.6. The first-order valence-electron chi connectivity index (χ1n) is 18.5. The van der Waals surface area contributed by atoms with Gasteiger partial charge in [0.15, 0.2) is 6.55 Å². The van der Waals surface area contributed by atoms with Crippen molar-refractivity contribution in [1.29, 1.82) is 0 Å². The second kappa shape index (κ2) is 38.1. The molecule has 0 aliphatic carbocycles. The number of hydrogen-bond donors (Lipinski definition) is 0. The van der Waals surface area contributed by atoms with Gasteiger partial charge in [-0.05, 0) is 19.3 Å². The summed E-state index contributed by atoms with van der Waals surface area (Å²) in [6, 6.07) is 0. The number of unbranched alkanes of at least 4 members (excludes halogenated alkanes) is 27. The van der Waals surface area contributed by atoms with Crippen molar-refractivity contribution in [2.75, 3.05) is 18.1 Å². The predicted octanol–water partition coefficient (Wildman–Crippen LogP) is 15.5. The van der Waals surface area contributed by atoms with Crippen LogP contribution in [-0.2, 0) is 4.52 Å². The maximum atomic E-state index is 6.49. The van der Waals surface area contributed by atoms with E-state index in [0.29, 0.717) is 0 Å². The molecule has 242 valence electrons. The average Bonchev–Trinajstić information content (AvgIpc) is 2.97. The van der Waals surface area contributed by atoms with Crippen molar-refractivity contribution < 1.29 is 4.52 Å². The third kappa shape index (κ3) is 35.3. The smallest absolute Gasteiger partial charge is 0.151 e. The van der Waals surface area contributed by atoms with E-state index in [0.717, 1.165) is 6.61 Å². The molecule has 0 saturated heterocycles. The van der Waals surface area contributed by atoms with Gasteiger partial charge in [-0.15, -0.1) is 0 Å². The van der Waals surface area contributed by atoms with Crippen LogP contribution in [0.15, 0.2) is 0 Å². The summed E-state index contributed by atoms with van der Waals surface area (Å²) in [6.45, 7) is 7.59. The van der Waals surface area contributed by atoms with E-state index in [1.165, 1.54) is 204 Å². The minimum atomic E-state index is -0.336. The van der Waals surface area contributed by atoms with E-state index >= 15 is 0 Å². The molecule has 0 rings (SSSR count). The summed E-state index contributed by atoms with van der Waals surface area (Å²) in [5, 5.41) is 0. The quantitative estimate of drug-likeness (QED) is 0.0510. The monoisotopic (exact) mass is 618 g/mol. The molecule has 0 saturated carbocycles. The van der Waals surface area contributed by atoms with Crippen LogP contribution in [-0.4, -0.2) is 18.1 Å². The van der Waals surface area contributed by atoms with Gasteiger partial charge in [-0.25, -0.2) is 0 Å². The van der Waals surface area contributed by atoms with E-state index in [1.54, 1.807) is 0 Å². The maximum absolute atomic E-state index is 6.49. The summed E-state index contributed by atoms with van der Waals surface area (Å²) in [5.74, 6) is 2.62. The zero-order valence-electron chi connectivity index (χ0n) is 28.0. The van der Waals surface area contributed by atoms with Gasteiger partial charge >= 0.3 is 0 Å². The zero-order valence-corrected chi connectivity index (χ0v) is 30.5. The van der Waals surface area contributed by atoms with Gasteiger partial charge in [-0.3, -0.25) is 0 Å². The van der Waals surface area contributed by atoms with Crippen molar-refractivity contribution in [2.45, 2.75) is 213 Å². The Morgan fingerprint density at radius 2 is 0.575 bits per heavy atom. The van der Waals surface area contributed by atoms with Crippen LogP contribution in [0.4, 0.5) is 0 Å². The van der Waals surface area contributed by atoms with Crippen LogP contribution < -0.4 is 0 Å². The van der Waals surface area contributed by atoms with Crippen molar-refractivity contribution in [3.63, 3.8) is 0 Å². The first-order chi connectivity index (χ1) is 19.8. The van der Waals surface area contributed by atoms with E-state index in [2.05, 4.69) is 43.5 Å². The molecule has 0 aromatic carbocycles. The SMILES string of the molecule is CCCCCCCCCCCCOP(SCCCCCCCCCCCC)SCCCCCCCCCCCC. The van der Waals surface area contributed by atoms with Crippen LogP contribution in [0.2, 0.25) is 0 Å². The van der Waals surface area contributed by atoms with Gasteiger partial charge in [0, 0.05) is 11.5 Å². The lowest BCUT2D eigenvalue weighted by Gasteiger charge is -2.16. The molecule has 0 unspecified atom stereocenters. The van der Waals surface area contributed by atoms with E-state index in [1.807, 2.05) is 0 Å². The van der Waals surface area contributed by atoms with Gasteiger partial charge in [-0.2, -0.15) is 0 Å². The van der Waals surface area contributed by atoms with Gasteiger partial charge in [0.2, 0.25) is 0 Å². The molecule has 0 fully saturated rings. The largest absolute Gasteiger partial charge is 0.339 e. The van der Waals surface area contributed by atoms with Crippen LogP contribution in [0.1, 0.15) is 213 Å². The highest BCUT2D eigenvalue weighted by Gasteiger charge is 2.11. The summed E-state index contributed by atoms with van der Waals surface area (Å²) in [4.78, 5) is 0. The minimum Gasteiger partial charge on any atom is -0.339 e. The Balaban J connectivity index is 3.89. The van der Waals surface area contributed by atoms with Crippen LogP contribution in [0, 0.1) is 0 Å². The second-order valence-corrected chi connectivity index (χ2v) is 18.5. The lowest BCUT2D eigenvalue weighted by molar-refractivity contribution is 0.348. The summed E-state index contributed by atoms with van der Waals surface area (Å²) in [7, 11) is 0. The van der Waals surface area contributed by atoms with Gasteiger partial charge in [0.1, 0.15) is 0 Å². The minimum absolute atomic E-state index is 0.336. The molecule has 0 spiro atoms. The number of hydrogen-bond acceptors (Lipinski definition) is 3. The lowest BCUT2D eigenvalue weighted by atomic mass is 10.1. The van der Waals surface area contributed by atoms with Crippen molar-refractivity contribution in [1.82, 2.24) is 0 Å². The third-order valence-electron chi connectivity index (χ3n) is 8.08. The molecule has 0 aromatic rings. The highest BCUT2D eigenvalue weighted by atomic mass is 33.1. The molecule has 0 amide bonds. The van der Waals surface area contributed by atoms with Crippen molar-refractivity contribution in [2.24, 2.45) is 0 Å². The first kappa shape index (κ1) is 41.1. The first-order valence-corrected chi connectivity index (χ1v) is 23.0. The molecular weight excluding hydrogens is 544 g/mol. The van der Waals surface area contributed by atoms with Gasteiger partial charge < -0.3 is 4.52 Å². The fourth-order valence-electron chi connectivity index (χ4n) is 5.30. The molecule has 40 heavy (non-hydrogen) atoms. The predicted molar refractivity (Wildman–Crippen MR) is 193 cm³/mol. The van der Waals surface area contributed by atoms with Gasteiger partial charge in [0.05, 0.1) is 6.61 Å². The molecule has 4 heteroatoms. The molecule has 1 nitrogen and oxygen atoms in total. The van der Waals surface area contributed by atoms with Gasteiger partial charge in [0.25, 0.3) is 0 Å². The molecule has 0 aromatic heterocycles. The fraction of sp³-hybridized carbons (Fsp3) is 1.00. The van der Waals surface area contributed by atoms with Crippen molar-refractivity contribution >= 4 is 29.3 Å². The molecule has 0 aliphatic heterocycles. The van der Waals surface area contributed by atoms with Crippen LogP contribution in [0.3, 0.4) is 0 Å². The summed E-state index contributed by atoms with van der Waals surface area (Å²) in [5.41, 5.74) is 0.